The van der Waals surface area contributed by atoms with E-state index >= 15 is 0 Å². The molecule has 1 heterocycles. The molecule has 0 fully saturated rings. The van der Waals surface area contributed by atoms with Crippen LogP contribution in [0.15, 0.2) is 50.7 Å². The molecule has 0 N–H and O–H groups in total. The van der Waals surface area contributed by atoms with Gasteiger partial charge in [0.2, 0.25) is 0 Å². The van der Waals surface area contributed by atoms with Gasteiger partial charge in [-0.1, -0.05) is 40.2 Å². The first-order valence-electron chi connectivity index (χ1n) is 5.60. The quantitative estimate of drug-likeness (QED) is 0.457. The van der Waals surface area contributed by atoms with E-state index in [2.05, 4.69) is 81.2 Å². The fourth-order valence-corrected chi connectivity index (χ4v) is 4.34. The highest BCUT2D eigenvalue weighted by Crippen LogP contribution is 2.42. The van der Waals surface area contributed by atoms with E-state index in [0.717, 1.165) is 4.47 Å². The lowest BCUT2D eigenvalue weighted by atomic mass is 10.0. The predicted molar refractivity (Wildman–Crippen MR) is 87.4 cm³/mol. The van der Waals surface area contributed by atoms with Crippen molar-refractivity contribution >= 4 is 53.3 Å². The van der Waals surface area contributed by atoms with Gasteiger partial charge in [-0.25, -0.2) is 0 Å². The highest BCUT2D eigenvalue weighted by Gasteiger charge is 2.12. The lowest BCUT2D eigenvalue weighted by molar-refractivity contribution is 1.52. The molecular formula is C15H10Br2S. The molecule has 0 saturated heterocycles. The van der Waals surface area contributed by atoms with Gasteiger partial charge in [-0.15, -0.1) is 11.3 Å². The average molecular weight is 382 g/mol. The average Bonchev–Trinajstić information content (AvgIpc) is 2.65. The molecule has 0 spiro atoms. The first-order chi connectivity index (χ1) is 8.65. The normalized spacial score (nSPS) is 11.1. The van der Waals surface area contributed by atoms with E-state index in [1.807, 2.05) is 0 Å². The highest BCUT2D eigenvalue weighted by molar-refractivity contribution is 9.11. The molecule has 3 rings (SSSR count). The molecule has 0 aliphatic heterocycles. The van der Waals surface area contributed by atoms with Crippen LogP contribution in [0.3, 0.4) is 0 Å². The lowest BCUT2D eigenvalue weighted by Gasteiger charge is -2.02. The molecule has 0 atom stereocenters. The Kier molecular flexibility index (Phi) is 3.31. The minimum Gasteiger partial charge on any atom is -0.128 e. The summed E-state index contributed by atoms with van der Waals surface area (Å²) in [6.45, 7) is 2.13. The number of aryl methyl sites for hydroxylation is 1. The first-order valence-corrected chi connectivity index (χ1v) is 8.00. The van der Waals surface area contributed by atoms with Crippen molar-refractivity contribution in [2.75, 3.05) is 0 Å². The van der Waals surface area contributed by atoms with E-state index in [1.54, 1.807) is 11.3 Å². The van der Waals surface area contributed by atoms with Crippen molar-refractivity contribution in [2.45, 2.75) is 6.92 Å². The molecule has 0 unspecified atom stereocenters. The van der Waals surface area contributed by atoms with E-state index in [4.69, 9.17) is 0 Å². The van der Waals surface area contributed by atoms with Gasteiger partial charge in [-0.3, -0.25) is 0 Å². The molecule has 0 amide bonds. The Labute approximate surface area is 127 Å². The second-order valence-corrected chi connectivity index (χ2v) is 7.54. The van der Waals surface area contributed by atoms with Crippen LogP contribution in [0.4, 0.5) is 0 Å². The van der Waals surface area contributed by atoms with Crippen molar-refractivity contribution in [3.63, 3.8) is 0 Å². The van der Waals surface area contributed by atoms with Crippen LogP contribution in [-0.2, 0) is 0 Å². The molecular weight excluding hydrogens is 372 g/mol. The molecule has 90 valence electrons. The molecule has 18 heavy (non-hydrogen) atoms. The molecule has 0 bridgehead atoms. The van der Waals surface area contributed by atoms with Crippen molar-refractivity contribution in [1.29, 1.82) is 0 Å². The Morgan fingerprint density at radius 1 is 0.944 bits per heavy atom. The summed E-state index contributed by atoms with van der Waals surface area (Å²) in [7, 11) is 0. The maximum atomic E-state index is 3.70. The summed E-state index contributed by atoms with van der Waals surface area (Å²) in [6, 6.07) is 15.1. The summed E-state index contributed by atoms with van der Waals surface area (Å²) < 4.78 is 3.64. The standard InChI is InChI=1S/C15H10Br2S/c1-9-2-7-12-13(8-9)18-15(17)14(12)10-3-5-11(16)6-4-10/h2-8H,1H3. The number of halogens is 2. The number of thiophene rings is 1. The van der Waals surface area contributed by atoms with Crippen LogP contribution < -0.4 is 0 Å². The fraction of sp³-hybridized carbons (Fsp3) is 0.0667. The van der Waals surface area contributed by atoms with Gasteiger partial charge in [-0.05, 0) is 52.2 Å². The Morgan fingerprint density at radius 2 is 1.67 bits per heavy atom. The summed E-state index contributed by atoms with van der Waals surface area (Å²) in [5.41, 5.74) is 3.85. The predicted octanol–water partition coefficient (Wildman–Crippen LogP) is 6.40. The van der Waals surface area contributed by atoms with Crippen LogP contribution in [0.2, 0.25) is 0 Å². The van der Waals surface area contributed by atoms with E-state index in [1.165, 1.54) is 30.6 Å². The Morgan fingerprint density at radius 3 is 2.39 bits per heavy atom. The zero-order valence-electron chi connectivity index (χ0n) is 9.71. The van der Waals surface area contributed by atoms with Crippen molar-refractivity contribution < 1.29 is 0 Å². The third kappa shape index (κ3) is 2.15. The van der Waals surface area contributed by atoms with Crippen LogP contribution in [-0.4, -0.2) is 0 Å². The first kappa shape index (κ1) is 12.4. The monoisotopic (exact) mass is 380 g/mol. The highest BCUT2D eigenvalue weighted by atomic mass is 79.9. The Hall–Kier alpha value is -0.640. The molecule has 0 aliphatic rings. The van der Waals surface area contributed by atoms with Gasteiger partial charge in [-0.2, -0.15) is 0 Å². The van der Waals surface area contributed by atoms with Crippen LogP contribution in [0, 0.1) is 6.92 Å². The number of fused-ring (bicyclic) bond motifs is 1. The van der Waals surface area contributed by atoms with Gasteiger partial charge >= 0.3 is 0 Å². The number of hydrogen-bond donors (Lipinski definition) is 0. The van der Waals surface area contributed by atoms with E-state index in [-0.39, 0.29) is 0 Å². The number of hydrogen-bond acceptors (Lipinski definition) is 1. The zero-order chi connectivity index (χ0) is 12.7. The van der Waals surface area contributed by atoms with E-state index in [0.29, 0.717) is 0 Å². The molecule has 1 aromatic heterocycles. The van der Waals surface area contributed by atoms with Crippen LogP contribution in [0.1, 0.15) is 5.56 Å². The van der Waals surface area contributed by atoms with Gasteiger partial charge in [0, 0.05) is 20.1 Å². The molecule has 0 radical (unpaired) electrons. The van der Waals surface area contributed by atoms with Gasteiger partial charge < -0.3 is 0 Å². The maximum absolute atomic E-state index is 3.70. The fourth-order valence-electron chi connectivity index (χ4n) is 2.06. The molecule has 2 aromatic carbocycles. The largest absolute Gasteiger partial charge is 0.128 e. The van der Waals surface area contributed by atoms with Crippen LogP contribution in [0.5, 0.6) is 0 Å². The van der Waals surface area contributed by atoms with Crippen LogP contribution >= 0.6 is 43.2 Å². The second kappa shape index (κ2) is 4.80. The van der Waals surface area contributed by atoms with Crippen molar-refractivity contribution in [1.82, 2.24) is 0 Å². The molecule has 3 aromatic rings. The van der Waals surface area contributed by atoms with Gasteiger partial charge in [0.1, 0.15) is 0 Å². The number of benzene rings is 2. The minimum atomic E-state index is 1.11. The van der Waals surface area contributed by atoms with E-state index in [9.17, 15) is 0 Å². The second-order valence-electron chi connectivity index (χ2n) is 4.26. The van der Waals surface area contributed by atoms with Gasteiger partial charge in [0.25, 0.3) is 0 Å². The van der Waals surface area contributed by atoms with Crippen molar-refractivity contribution in [3.8, 4) is 11.1 Å². The third-order valence-electron chi connectivity index (χ3n) is 2.94. The maximum Gasteiger partial charge on any atom is 0.0789 e. The van der Waals surface area contributed by atoms with Crippen molar-refractivity contribution in [2.24, 2.45) is 0 Å². The summed E-state index contributed by atoms with van der Waals surface area (Å²) in [4.78, 5) is 0. The summed E-state index contributed by atoms with van der Waals surface area (Å²) in [6.07, 6.45) is 0. The zero-order valence-corrected chi connectivity index (χ0v) is 13.7. The SMILES string of the molecule is Cc1ccc2c(-c3ccc(Br)cc3)c(Br)sc2c1. The summed E-state index contributed by atoms with van der Waals surface area (Å²) in [5.74, 6) is 0. The lowest BCUT2D eigenvalue weighted by Crippen LogP contribution is -1.77. The van der Waals surface area contributed by atoms with Crippen LogP contribution in [0.25, 0.3) is 21.2 Å². The topological polar surface area (TPSA) is 0 Å². The molecule has 0 aliphatic carbocycles. The molecule has 0 saturated carbocycles. The number of rotatable bonds is 1. The third-order valence-corrected chi connectivity index (χ3v) is 5.29. The molecule has 0 nitrogen and oxygen atoms in total. The van der Waals surface area contributed by atoms with Gasteiger partial charge in [0.05, 0.1) is 3.79 Å². The van der Waals surface area contributed by atoms with Crippen molar-refractivity contribution in [3.05, 3.63) is 56.3 Å². The Bertz CT molecular complexity index is 711. The Balaban J connectivity index is 2.28. The molecule has 3 heteroatoms. The smallest absolute Gasteiger partial charge is 0.0789 e. The minimum absolute atomic E-state index is 1.11. The summed E-state index contributed by atoms with van der Waals surface area (Å²) in [5, 5.41) is 1.32. The van der Waals surface area contributed by atoms with Gasteiger partial charge in [0.15, 0.2) is 0 Å². The van der Waals surface area contributed by atoms with E-state index < -0.39 is 0 Å². The summed E-state index contributed by atoms with van der Waals surface area (Å²) >= 11 is 8.97.